The average Bonchev–Trinajstić information content (AvgIpc) is 3.45. The van der Waals surface area contributed by atoms with Crippen molar-refractivity contribution in [3.8, 4) is 5.75 Å². The van der Waals surface area contributed by atoms with Gasteiger partial charge < -0.3 is 10.1 Å². The predicted molar refractivity (Wildman–Crippen MR) is 90.6 cm³/mol. The second-order valence-corrected chi connectivity index (χ2v) is 6.01. The van der Waals surface area contributed by atoms with E-state index in [9.17, 15) is 4.79 Å². The SMILES string of the molecule is O=C(NC(c1ccccc1)C1CC1)Oc1ccc2nnccc2c1. The lowest BCUT2D eigenvalue weighted by molar-refractivity contribution is 0.194. The number of amides is 1. The van der Waals surface area contributed by atoms with Crippen molar-refractivity contribution in [3.63, 3.8) is 0 Å². The second-order valence-electron chi connectivity index (χ2n) is 6.01. The summed E-state index contributed by atoms with van der Waals surface area (Å²) in [6.45, 7) is 0. The van der Waals surface area contributed by atoms with Crippen LogP contribution in [0.1, 0.15) is 24.4 Å². The number of nitrogens with zero attached hydrogens (tertiary/aromatic N) is 2. The Kier molecular flexibility index (Phi) is 3.83. The number of carbonyl (C=O) groups is 1. The van der Waals surface area contributed by atoms with Crippen LogP contribution < -0.4 is 10.1 Å². The molecule has 1 aromatic heterocycles. The number of hydrogen-bond acceptors (Lipinski definition) is 4. The molecule has 24 heavy (non-hydrogen) atoms. The largest absolute Gasteiger partial charge is 0.413 e. The highest BCUT2D eigenvalue weighted by Gasteiger charge is 2.33. The molecule has 0 radical (unpaired) electrons. The van der Waals surface area contributed by atoms with Gasteiger partial charge in [0, 0.05) is 5.39 Å². The van der Waals surface area contributed by atoms with Crippen LogP contribution in [0.15, 0.2) is 60.8 Å². The van der Waals surface area contributed by atoms with Gasteiger partial charge in [0.2, 0.25) is 0 Å². The van der Waals surface area contributed by atoms with E-state index in [2.05, 4.69) is 15.5 Å². The normalized spacial score (nSPS) is 15.0. The van der Waals surface area contributed by atoms with E-state index >= 15 is 0 Å². The maximum atomic E-state index is 12.3. The van der Waals surface area contributed by atoms with Crippen molar-refractivity contribution >= 4 is 17.0 Å². The first kappa shape index (κ1) is 14.6. The van der Waals surface area contributed by atoms with E-state index in [1.54, 1.807) is 24.4 Å². The Balaban J connectivity index is 1.48. The molecule has 120 valence electrons. The Morgan fingerprint density at radius 1 is 1.12 bits per heavy atom. The Morgan fingerprint density at radius 3 is 2.75 bits per heavy atom. The molecular formula is C19H17N3O2. The smallest absolute Gasteiger partial charge is 0.410 e. The van der Waals surface area contributed by atoms with Crippen molar-refractivity contribution in [2.75, 3.05) is 0 Å². The van der Waals surface area contributed by atoms with Gasteiger partial charge in [-0.2, -0.15) is 10.2 Å². The highest BCUT2D eigenvalue weighted by molar-refractivity contribution is 5.80. The van der Waals surface area contributed by atoms with Gasteiger partial charge in [-0.1, -0.05) is 30.3 Å². The lowest BCUT2D eigenvalue weighted by atomic mass is 10.0. The third kappa shape index (κ3) is 3.20. The standard InChI is InChI=1S/C19H17N3O2/c23-19(21-18(14-6-7-14)13-4-2-1-3-5-13)24-16-8-9-17-15(12-16)10-11-20-22-17/h1-5,8-12,14,18H,6-7H2,(H,21,23). The maximum Gasteiger partial charge on any atom is 0.413 e. The van der Waals surface area contributed by atoms with Crippen molar-refractivity contribution in [3.05, 3.63) is 66.4 Å². The molecule has 1 fully saturated rings. The molecule has 1 unspecified atom stereocenters. The van der Waals surface area contributed by atoms with Crippen molar-refractivity contribution in [1.29, 1.82) is 0 Å². The van der Waals surface area contributed by atoms with Crippen molar-refractivity contribution in [1.82, 2.24) is 15.5 Å². The summed E-state index contributed by atoms with van der Waals surface area (Å²) >= 11 is 0. The summed E-state index contributed by atoms with van der Waals surface area (Å²) < 4.78 is 5.45. The highest BCUT2D eigenvalue weighted by Crippen LogP contribution is 2.41. The van der Waals surface area contributed by atoms with Crippen LogP contribution in [0.4, 0.5) is 4.79 Å². The lowest BCUT2D eigenvalue weighted by Crippen LogP contribution is -2.32. The monoisotopic (exact) mass is 319 g/mol. The first-order chi connectivity index (χ1) is 11.8. The zero-order chi connectivity index (χ0) is 16.4. The molecule has 1 saturated carbocycles. The Morgan fingerprint density at radius 2 is 1.96 bits per heavy atom. The molecule has 0 spiro atoms. The van der Waals surface area contributed by atoms with E-state index in [1.807, 2.05) is 36.4 Å². The van der Waals surface area contributed by atoms with Gasteiger partial charge in [-0.15, -0.1) is 0 Å². The summed E-state index contributed by atoms with van der Waals surface area (Å²) in [5.41, 5.74) is 1.89. The summed E-state index contributed by atoms with van der Waals surface area (Å²) in [7, 11) is 0. The van der Waals surface area contributed by atoms with Gasteiger partial charge in [0.25, 0.3) is 0 Å². The zero-order valence-electron chi connectivity index (χ0n) is 13.1. The summed E-state index contributed by atoms with van der Waals surface area (Å²) in [6, 6.07) is 17.2. The van der Waals surface area contributed by atoms with E-state index in [-0.39, 0.29) is 6.04 Å². The van der Waals surface area contributed by atoms with Gasteiger partial charge >= 0.3 is 6.09 Å². The van der Waals surface area contributed by atoms with E-state index in [0.29, 0.717) is 11.7 Å². The molecule has 0 aliphatic heterocycles. The molecule has 1 heterocycles. The number of nitrogens with one attached hydrogen (secondary N) is 1. The molecule has 1 amide bonds. The summed E-state index contributed by atoms with van der Waals surface area (Å²) in [5.74, 6) is 0.988. The van der Waals surface area contributed by atoms with Crippen LogP contribution in [-0.2, 0) is 0 Å². The van der Waals surface area contributed by atoms with Gasteiger partial charge in [0.05, 0.1) is 17.8 Å². The number of aromatic nitrogens is 2. The van der Waals surface area contributed by atoms with Crippen LogP contribution in [0, 0.1) is 5.92 Å². The van der Waals surface area contributed by atoms with Gasteiger partial charge in [-0.25, -0.2) is 4.79 Å². The number of fused-ring (bicyclic) bond motifs is 1. The molecule has 1 atom stereocenters. The predicted octanol–water partition coefficient (Wildman–Crippen LogP) is 3.87. The van der Waals surface area contributed by atoms with Crippen LogP contribution in [0.3, 0.4) is 0 Å². The van der Waals surface area contributed by atoms with E-state index < -0.39 is 6.09 Å². The number of carbonyl (C=O) groups excluding carboxylic acids is 1. The van der Waals surface area contributed by atoms with Crippen LogP contribution in [0.25, 0.3) is 10.9 Å². The van der Waals surface area contributed by atoms with Crippen molar-refractivity contribution < 1.29 is 9.53 Å². The molecule has 1 aliphatic carbocycles. The molecule has 5 heteroatoms. The molecular weight excluding hydrogens is 302 g/mol. The van der Waals surface area contributed by atoms with E-state index in [0.717, 1.165) is 29.3 Å². The molecule has 1 aliphatic rings. The second kappa shape index (κ2) is 6.28. The first-order valence-electron chi connectivity index (χ1n) is 8.04. The quantitative estimate of drug-likeness (QED) is 0.793. The third-order valence-electron chi connectivity index (χ3n) is 4.22. The fourth-order valence-electron chi connectivity index (χ4n) is 2.86. The summed E-state index contributed by atoms with van der Waals surface area (Å²) in [5, 5.41) is 11.7. The van der Waals surface area contributed by atoms with Crippen LogP contribution in [0.2, 0.25) is 0 Å². The van der Waals surface area contributed by atoms with Gasteiger partial charge in [0.1, 0.15) is 5.75 Å². The fraction of sp³-hybridized carbons (Fsp3) is 0.211. The number of ether oxygens (including phenoxy) is 1. The number of benzene rings is 2. The minimum absolute atomic E-state index is 0.00465. The van der Waals surface area contributed by atoms with Crippen LogP contribution in [-0.4, -0.2) is 16.3 Å². The number of hydrogen-bond donors (Lipinski definition) is 1. The molecule has 0 saturated heterocycles. The minimum atomic E-state index is -0.433. The van der Waals surface area contributed by atoms with Crippen molar-refractivity contribution in [2.45, 2.75) is 18.9 Å². The van der Waals surface area contributed by atoms with Gasteiger partial charge in [-0.3, -0.25) is 0 Å². The highest BCUT2D eigenvalue weighted by atomic mass is 16.6. The Labute approximate surface area is 139 Å². The molecule has 4 rings (SSSR count). The summed E-state index contributed by atoms with van der Waals surface area (Å²) in [6.07, 6.45) is 3.45. The first-order valence-corrected chi connectivity index (χ1v) is 8.04. The van der Waals surface area contributed by atoms with Gasteiger partial charge in [-0.05, 0) is 48.6 Å². The average molecular weight is 319 g/mol. The molecule has 2 aromatic carbocycles. The molecule has 3 aromatic rings. The van der Waals surface area contributed by atoms with E-state index in [1.165, 1.54) is 0 Å². The van der Waals surface area contributed by atoms with Crippen molar-refractivity contribution in [2.24, 2.45) is 5.92 Å². The number of rotatable bonds is 4. The Bertz CT molecular complexity index is 863. The van der Waals surface area contributed by atoms with Gasteiger partial charge in [0.15, 0.2) is 0 Å². The topological polar surface area (TPSA) is 64.1 Å². The van der Waals surface area contributed by atoms with Crippen LogP contribution >= 0.6 is 0 Å². The maximum absolute atomic E-state index is 12.3. The molecule has 1 N–H and O–H groups in total. The summed E-state index contributed by atoms with van der Waals surface area (Å²) in [4.78, 5) is 12.3. The lowest BCUT2D eigenvalue weighted by Gasteiger charge is -2.18. The van der Waals surface area contributed by atoms with Crippen LogP contribution in [0.5, 0.6) is 5.75 Å². The molecule has 5 nitrogen and oxygen atoms in total. The molecule has 0 bridgehead atoms. The minimum Gasteiger partial charge on any atom is -0.410 e. The Hall–Kier alpha value is -2.95. The van der Waals surface area contributed by atoms with E-state index in [4.69, 9.17) is 4.74 Å². The third-order valence-corrected chi connectivity index (χ3v) is 4.22. The zero-order valence-corrected chi connectivity index (χ0v) is 13.1. The fourth-order valence-corrected chi connectivity index (χ4v) is 2.86.